The van der Waals surface area contributed by atoms with E-state index < -0.39 is 34.7 Å². The van der Waals surface area contributed by atoms with Crippen molar-refractivity contribution in [2.75, 3.05) is 7.11 Å². The van der Waals surface area contributed by atoms with Crippen molar-refractivity contribution in [3.05, 3.63) is 34.6 Å². The number of benzene rings is 1. The SMILES string of the molecule is COC(=O)c1c(F)ccc(C(F)(F)F)c1C#N. The van der Waals surface area contributed by atoms with Gasteiger partial charge in [-0.25, -0.2) is 9.18 Å². The van der Waals surface area contributed by atoms with Gasteiger partial charge >= 0.3 is 12.1 Å². The molecule has 0 fully saturated rings. The zero-order valence-corrected chi connectivity index (χ0v) is 8.43. The second-order valence-electron chi connectivity index (χ2n) is 2.95. The van der Waals surface area contributed by atoms with Crippen molar-refractivity contribution in [1.82, 2.24) is 0 Å². The Morgan fingerprint density at radius 3 is 2.41 bits per heavy atom. The minimum atomic E-state index is -4.85. The summed E-state index contributed by atoms with van der Waals surface area (Å²) < 4.78 is 54.8. The van der Waals surface area contributed by atoms with Crippen LogP contribution in [-0.4, -0.2) is 13.1 Å². The lowest BCUT2D eigenvalue weighted by Gasteiger charge is -2.11. The highest BCUT2D eigenvalue weighted by Gasteiger charge is 2.36. The molecule has 0 aromatic heterocycles. The van der Waals surface area contributed by atoms with E-state index in [9.17, 15) is 22.4 Å². The summed E-state index contributed by atoms with van der Waals surface area (Å²) in [6.45, 7) is 0. The van der Waals surface area contributed by atoms with Crippen LogP contribution in [0.15, 0.2) is 12.1 Å². The third-order valence-electron chi connectivity index (χ3n) is 1.96. The van der Waals surface area contributed by atoms with Gasteiger partial charge < -0.3 is 4.74 Å². The van der Waals surface area contributed by atoms with Gasteiger partial charge in [0.2, 0.25) is 0 Å². The molecule has 3 nitrogen and oxygen atoms in total. The maximum absolute atomic E-state index is 13.2. The number of ether oxygens (including phenoxy) is 1. The second-order valence-corrected chi connectivity index (χ2v) is 2.95. The molecule has 0 N–H and O–H groups in total. The van der Waals surface area contributed by atoms with Gasteiger partial charge in [-0.1, -0.05) is 0 Å². The highest BCUT2D eigenvalue weighted by atomic mass is 19.4. The van der Waals surface area contributed by atoms with Crippen LogP contribution in [0.1, 0.15) is 21.5 Å². The number of carbonyl (C=O) groups is 1. The minimum Gasteiger partial charge on any atom is -0.465 e. The first kappa shape index (κ1) is 13.0. The summed E-state index contributed by atoms with van der Waals surface area (Å²) in [6, 6.07) is 2.04. The number of hydrogen-bond acceptors (Lipinski definition) is 3. The van der Waals surface area contributed by atoms with Crippen molar-refractivity contribution in [2.45, 2.75) is 6.18 Å². The molecule has 0 heterocycles. The van der Waals surface area contributed by atoms with Crippen LogP contribution < -0.4 is 0 Å². The van der Waals surface area contributed by atoms with E-state index in [0.29, 0.717) is 12.1 Å². The first-order valence-electron chi connectivity index (χ1n) is 4.21. The molecule has 0 saturated carbocycles. The first-order chi connectivity index (χ1) is 7.82. The van der Waals surface area contributed by atoms with Crippen molar-refractivity contribution >= 4 is 5.97 Å². The molecule has 0 aliphatic carbocycles. The van der Waals surface area contributed by atoms with Crippen molar-refractivity contribution in [2.24, 2.45) is 0 Å². The predicted molar refractivity (Wildman–Crippen MR) is 47.5 cm³/mol. The van der Waals surface area contributed by atoms with Gasteiger partial charge in [0.25, 0.3) is 0 Å². The Morgan fingerprint density at radius 2 is 2.00 bits per heavy atom. The van der Waals surface area contributed by atoms with Crippen LogP contribution in [0.25, 0.3) is 0 Å². The number of rotatable bonds is 1. The third-order valence-corrected chi connectivity index (χ3v) is 1.96. The smallest absolute Gasteiger partial charge is 0.417 e. The number of esters is 1. The summed E-state index contributed by atoms with van der Waals surface area (Å²) >= 11 is 0. The Labute approximate surface area is 93.2 Å². The van der Waals surface area contributed by atoms with E-state index in [-0.39, 0.29) is 0 Å². The van der Waals surface area contributed by atoms with Gasteiger partial charge in [-0.05, 0) is 12.1 Å². The Morgan fingerprint density at radius 1 is 1.41 bits per heavy atom. The van der Waals surface area contributed by atoms with Gasteiger partial charge in [-0.2, -0.15) is 18.4 Å². The van der Waals surface area contributed by atoms with E-state index in [1.165, 1.54) is 6.07 Å². The number of hydrogen-bond donors (Lipinski definition) is 0. The van der Waals surface area contributed by atoms with Crippen LogP contribution in [0.5, 0.6) is 0 Å². The summed E-state index contributed by atoms with van der Waals surface area (Å²) in [5, 5.41) is 8.61. The zero-order valence-electron chi connectivity index (χ0n) is 8.43. The average Bonchev–Trinajstić information content (AvgIpc) is 2.25. The van der Waals surface area contributed by atoms with E-state index in [1.54, 1.807) is 0 Å². The van der Waals surface area contributed by atoms with Gasteiger partial charge in [-0.15, -0.1) is 0 Å². The Bertz CT molecular complexity index is 502. The monoisotopic (exact) mass is 247 g/mol. The van der Waals surface area contributed by atoms with Crippen LogP contribution in [0.2, 0.25) is 0 Å². The molecular weight excluding hydrogens is 242 g/mol. The molecule has 1 aromatic rings. The zero-order chi connectivity index (χ0) is 13.2. The first-order valence-corrected chi connectivity index (χ1v) is 4.21. The summed E-state index contributed by atoms with van der Waals surface area (Å²) in [7, 11) is 0.878. The van der Waals surface area contributed by atoms with Gasteiger partial charge in [-0.3, -0.25) is 0 Å². The molecular formula is C10H5F4NO2. The van der Waals surface area contributed by atoms with Crippen molar-refractivity contribution in [3.8, 4) is 6.07 Å². The van der Waals surface area contributed by atoms with Crippen LogP contribution in [0.4, 0.5) is 17.6 Å². The number of nitriles is 1. The van der Waals surface area contributed by atoms with Crippen molar-refractivity contribution in [1.29, 1.82) is 5.26 Å². The fraction of sp³-hybridized carbons (Fsp3) is 0.200. The predicted octanol–water partition coefficient (Wildman–Crippen LogP) is 2.50. The fourth-order valence-electron chi connectivity index (χ4n) is 1.23. The molecule has 1 rings (SSSR count). The van der Waals surface area contributed by atoms with Crippen LogP contribution in [-0.2, 0) is 10.9 Å². The molecule has 0 aliphatic rings. The summed E-state index contributed by atoms with van der Waals surface area (Å²) in [5.74, 6) is -2.56. The molecule has 90 valence electrons. The van der Waals surface area contributed by atoms with Gasteiger partial charge in [0.05, 0.1) is 18.2 Å². The van der Waals surface area contributed by atoms with E-state index in [2.05, 4.69) is 4.74 Å². The number of methoxy groups -OCH3 is 1. The normalized spacial score (nSPS) is 10.8. The van der Waals surface area contributed by atoms with E-state index in [0.717, 1.165) is 7.11 Å². The van der Waals surface area contributed by atoms with E-state index >= 15 is 0 Å². The summed E-state index contributed by atoms with van der Waals surface area (Å²) in [4.78, 5) is 11.1. The number of halogens is 4. The standard InChI is InChI=1S/C10H5F4NO2/c1-17-9(16)8-5(4-15)6(10(12,13)14)2-3-7(8)11/h2-3H,1H3. The fourth-order valence-corrected chi connectivity index (χ4v) is 1.23. The topological polar surface area (TPSA) is 50.1 Å². The Balaban J connectivity index is 3.61. The lowest BCUT2D eigenvalue weighted by molar-refractivity contribution is -0.137. The maximum atomic E-state index is 13.2. The lowest BCUT2D eigenvalue weighted by atomic mass is 10.0. The molecule has 0 radical (unpaired) electrons. The second kappa shape index (κ2) is 4.41. The Kier molecular flexibility index (Phi) is 3.36. The molecule has 0 atom stereocenters. The Hall–Kier alpha value is -2.10. The number of carbonyl (C=O) groups excluding carboxylic acids is 1. The molecule has 0 saturated heterocycles. The molecule has 1 aromatic carbocycles. The molecule has 17 heavy (non-hydrogen) atoms. The van der Waals surface area contributed by atoms with Gasteiger partial charge in [0.15, 0.2) is 0 Å². The third kappa shape index (κ3) is 2.36. The molecule has 0 aliphatic heterocycles. The van der Waals surface area contributed by atoms with Crippen molar-refractivity contribution in [3.63, 3.8) is 0 Å². The highest BCUT2D eigenvalue weighted by molar-refractivity contribution is 5.93. The molecule has 0 amide bonds. The van der Waals surface area contributed by atoms with E-state index in [4.69, 9.17) is 5.26 Å². The molecule has 7 heteroatoms. The van der Waals surface area contributed by atoms with Gasteiger partial charge in [0, 0.05) is 0 Å². The number of alkyl halides is 3. The van der Waals surface area contributed by atoms with Crippen LogP contribution >= 0.6 is 0 Å². The van der Waals surface area contributed by atoms with Crippen molar-refractivity contribution < 1.29 is 27.1 Å². The quantitative estimate of drug-likeness (QED) is 0.566. The molecule has 0 spiro atoms. The molecule has 0 bridgehead atoms. The van der Waals surface area contributed by atoms with E-state index in [1.807, 2.05) is 0 Å². The number of nitrogens with zero attached hydrogens (tertiary/aromatic N) is 1. The summed E-state index contributed by atoms with van der Waals surface area (Å²) in [6.07, 6.45) is -4.85. The minimum absolute atomic E-state index is 0.403. The average molecular weight is 247 g/mol. The largest absolute Gasteiger partial charge is 0.465 e. The lowest BCUT2D eigenvalue weighted by Crippen LogP contribution is -2.15. The van der Waals surface area contributed by atoms with Crippen LogP contribution in [0.3, 0.4) is 0 Å². The van der Waals surface area contributed by atoms with Gasteiger partial charge in [0.1, 0.15) is 17.4 Å². The molecule has 0 unspecified atom stereocenters. The van der Waals surface area contributed by atoms with Crippen LogP contribution in [0, 0.1) is 17.1 Å². The maximum Gasteiger partial charge on any atom is 0.417 e. The highest BCUT2D eigenvalue weighted by Crippen LogP contribution is 2.34. The summed E-state index contributed by atoms with van der Waals surface area (Å²) in [5.41, 5.74) is -3.46.